The second kappa shape index (κ2) is 9.79. The number of carbonyl (C=O) groups excluding carboxylic acids is 1. The monoisotopic (exact) mass is 492 g/mol. The van der Waals surface area contributed by atoms with Gasteiger partial charge in [0.15, 0.2) is 0 Å². The van der Waals surface area contributed by atoms with Crippen molar-refractivity contribution in [2.24, 2.45) is 16.9 Å². The highest BCUT2D eigenvalue weighted by atomic mass is 35.5. The maximum absolute atomic E-state index is 12.8. The zero-order valence-corrected chi connectivity index (χ0v) is 20.1. The molecule has 4 N–H and O–H groups in total. The first-order chi connectivity index (χ1) is 16.5. The van der Waals surface area contributed by atoms with Crippen molar-refractivity contribution < 1.29 is 4.79 Å². The molecule has 5 nitrogen and oxygen atoms in total. The number of carbonyl (C=O) groups is 1. The van der Waals surface area contributed by atoms with Crippen LogP contribution in [0.25, 0.3) is 0 Å². The number of benzene rings is 3. The summed E-state index contributed by atoms with van der Waals surface area (Å²) >= 11 is 12.3. The molecule has 1 aliphatic carbocycles. The van der Waals surface area contributed by atoms with E-state index in [4.69, 9.17) is 34.0 Å². The Balaban J connectivity index is 1.50. The normalized spacial score (nSPS) is 23.9. The minimum atomic E-state index is -0.241. The topological polar surface area (TPSA) is 79.5 Å². The van der Waals surface area contributed by atoms with Gasteiger partial charge in [-0.25, -0.2) is 5.43 Å². The fraction of sp³-hybridized carbons (Fsp3) is 0.259. The summed E-state index contributed by atoms with van der Waals surface area (Å²) in [5.41, 5.74) is 13.1. The number of rotatable bonds is 4. The molecule has 3 aromatic carbocycles. The second-order valence-electron chi connectivity index (χ2n) is 8.97. The zero-order chi connectivity index (χ0) is 23.7. The van der Waals surface area contributed by atoms with Gasteiger partial charge in [0, 0.05) is 50.9 Å². The third-order valence-corrected chi connectivity index (χ3v) is 7.38. The molecule has 2 fully saturated rings. The average Bonchev–Trinajstić information content (AvgIpc) is 2.84. The standard InChI is InChI=1S/C27H26Cl2N4O/c28-19-10-4-16(5-11-19)24-22-2-1-3-23(25(31-24)17-6-12-20(29)13-7-17)26(22)32-33-27(34)18-8-14-21(30)15-9-18/h4-15,22-25,31H,1-3,30H2,(H,33,34). The predicted molar refractivity (Wildman–Crippen MR) is 138 cm³/mol. The number of nitrogens with two attached hydrogens (primary N) is 1. The van der Waals surface area contributed by atoms with E-state index in [1.807, 2.05) is 24.3 Å². The van der Waals surface area contributed by atoms with Gasteiger partial charge in [0.2, 0.25) is 0 Å². The van der Waals surface area contributed by atoms with E-state index in [-0.39, 0.29) is 29.8 Å². The molecule has 7 heteroatoms. The van der Waals surface area contributed by atoms with Crippen LogP contribution in [0.1, 0.15) is 52.8 Å². The maximum Gasteiger partial charge on any atom is 0.271 e. The molecule has 0 radical (unpaired) electrons. The van der Waals surface area contributed by atoms with Gasteiger partial charge in [-0.3, -0.25) is 4.79 Å². The number of anilines is 1. The number of fused-ring (bicyclic) bond motifs is 2. The summed E-state index contributed by atoms with van der Waals surface area (Å²) in [4.78, 5) is 12.8. The summed E-state index contributed by atoms with van der Waals surface area (Å²) < 4.78 is 0. The number of hydrogen-bond donors (Lipinski definition) is 3. The van der Waals surface area contributed by atoms with Crippen molar-refractivity contribution in [2.75, 3.05) is 5.73 Å². The third-order valence-electron chi connectivity index (χ3n) is 6.87. The summed E-state index contributed by atoms with van der Waals surface area (Å²) in [7, 11) is 0. The van der Waals surface area contributed by atoms with Gasteiger partial charge in [0.25, 0.3) is 5.91 Å². The van der Waals surface area contributed by atoms with E-state index in [2.05, 4.69) is 35.0 Å². The van der Waals surface area contributed by atoms with E-state index in [0.717, 1.165) is 36.1 Å². The number of nitrogen functional groups attached to an aromatic ring is 1. The molecule has 1 saturated carbocycles. The Morgan fingerprint density at radius 2 is 1.32 bits per heavy atom. The van der Waals surface area contributed by atoms with Gasteiger partial charge in [-0.2, -0.15) is 5.10 Å². The lowest BCUT2D eigenvalue weighted by Crippen LogP contribution is -2.51. The Labute approximate surface area is 209 Å². The molecule has 1 amide bonds. The summed E-state index contributed by atoms with van der Waals surface area (Å²) in [6, 6.07) is 22.9. The molecular formula is C27H26Cl2N4O. The van der Waals surface area contributed by atoms with Crippen LogP contribution >= 0.6 is 23.2 Å². The Morgan fingerprint density at radius 3 is 1.82 bits per heavy atom. The van der Waals surface area contributed by atoms with E-state index in [9.17, 15) is 4.79 Å². The highest BCUT2D eigenvalue weighted by Gasteiger charge is 2.45. The fourth-order valence-electron chi connectivity index (χ4n) is 5.21. The number of nitrogens with one attached hydrogen (secondary N) is 2. The molecule has 174 valence electrons. The smallest absolute Gasteiger partial charge is 0.271 e. The lowest BCUT2D eigenvalue weighted by Gasteiger charge is -2.47. The molecule has 1 aliphatic heterocycles. The average molecular weight is 493 g/mol. The Morgan fingerprint density at radius 1 is 0.824 bits per heavy atom. The van der Waals surface area contributed by atoms with Crippen LogP contribution in [0.15, 0.2) is 77.9 Å². The van der Waals surface area contributed by atoms with Crippen molar-refractivity contribution in [3.05, 3.63) is 99.5 Å². The van der Waals surface area contributed by atoms with Gasteiger partial charge >= 0.3 is 0 Å². The molecule has 0 aromatic heterocycles. The summed E-state index contributed by atoms with van der Waals surface area (Å²) in [6.45, 7) is 0. The zero-order valence-electron chi connectivity index (χ0n) is 18.5. The van der Waals surface area contributed by atoms with Crippen molar-refractivity contribution in [1.29, 1.82) is 0 Å². The number of piperidine rings is 1. The Hall–Kier alpha value is -2.86. The Kier molecular flexibility index (Phi) is 6.59. The lowest BCUT2D eigenvalue weighted by atomic mass is 9.67. The first-order valence-corrected chi connectivity index (χ1v) is 12.3. The molecular weight excluding hydrogens is 467 g/mol. The van der Waals surface area contributed by atoms with E-state index in [1.54, 1.807) is 24.3 Å². The predicted octanol–water partition coefficient (Wildman–Crippen LogP) is 6.16. The first-order valence-electron chi connectivity index (χ1n) is 11.5. The molecule has 2 aliphatic rings. The van der Waals surface area contributed by atoms with Crippen LogP contribution in [0.5, 0.6) is 0 Å². The van der Waals surface area contributed by atoms with Crippen LogP contribution in [-0.2, 0) is 0 Å². The van der Waals surface area contributed by atoms with Gasteiger partial charge in [-0.05, 0) is 72.5 Å². The van der Waals surface area contributed by atoms with Gasteiger partial charge in [-0.15, -0.1) is 0 Å². The van der Waals surface area contributed by atoms with Crippen LogP contribution in [0.2, 0.25) is 10.0 Å². The van der Waals surface area contributed by atoms with Crippen LogP contribution < -0.4 is 16.5 Å². The molecule has 3 aromatic rings. The largest absolute Gasteiger partial charge is 0.399 e. The number of hydrazone groups is 1. The molecule has 4 atom stereocenters. The number of nitrogens with zero attached hydrogens (tertiary/aromatic N) is 1. The molecule has 1 saturated heterocycles. The molecule has 4 unspecified atom stereocenters. The number of halogens is 2. The minimum Gasteiger partial charge on any atom is -0.399 e. The molecule has 34 heavy (non-hydrogen) atoms. The van der Waals surface area contributed by atoms with Gasteiger partial charge in [-0.1, -0.05) is 53.9 Å². The van der Waals surface area contributed by atoms with E-state index in [0.29, 0.717) is 21.3 Å². The first kappa shape index (κ1) is 22.9. The van der Waals surface area contributed by atoms with Crippen molar-refractivity contribution in [1.82, 2.24) is 10.7 Å². The van der Waals surface area contributed by atoms with Crippen LogP contribution in [-0.4, -0.2) is 11.6 Å². The highest BCUT2D eigenvalue weighted by Crippen LogP contribution is 2.46. The summed E-state index contributed by atoms with van der Waals surface area (Å²) in [5.74, 6) is 0.112. The van der Waals surface area contributed by atoms with Crippen LogP contribution in [0, 0.1) is 11.8 Å². The minimum absolute atomic E-state index is 0.0571. The highest BCUT2D eigenvalue weighted by molar-refractivity contribution is 6.30. The van der Waals surface area contributed by atoms with Gasteiger partial charge in [0.05, 0.1) is 0 Å². The second-order valence-corrected chi connectivity index (χ2v) is 9.84. The molecule has 2 bridgehead atoms. The summed E-state index contributed by atoms with van der Waals surface area (Å²) in [6.07, 6.45) is 3.11. The van der Waals surface area contributed by atoms with Crippen LogP contribution in [0.4, 0.5) is 5.69 Å². The van der Waals surface area contributed by atoms with Crippen molar-refractivity contribution >= 4 is 40.5 Å². The third kappa shape index (κ3) is 4.69. The maximum atomic E-state index is 12.8. The molecule has 1 heterocycles. The van der Waals surface area contributed by atoms with E-state index < -0.39 is 0 Å². The van der Waals surface area contributed by atoms with E-state index in [1.165, 1.54) is 0 Å². The summed E-state index contributed by atoms with van der Waals surface area (Å²) in [5, 5.41) is 10.1. The van der Waals surface area contributed by atoms with Gasteiger partial charge in [0.1, 0.15) is 0 Å². The van der Waals surface area contributed by atoms with Crippen LogP contribution in [0.3, 0.4) is 0 Å². The van der Waals surface area contributed by atoms with Crippen molar-refractivity contribution in [2.45, 2.75) is 31.3 Å². The molecule has 5 rings (SSSR count). The van der Waals surface area contributed by atoms with Crippen molar-refractivity contribution in [3.63, 3.8) is 0 Å². The number of amides is 1. The van der Waals surface area contributed by atoms with Crippen molar-refractivity contribution in [3.8, 4) is 0 Å². The fourth-order valence-corrected chi connectivity index (χ4v) is 5.46. The molecule has 0 spiro atoms. The van der Waals surface area contributed by atoms with E-state index >= 15 is 0 Å². The SMILES string of the molecule is Nc1ccc(C(=O)NN=C2C3CCCC2C(c2ccc(Cl)cc2)NC3c2ccc(Cl)cc2)cc1. The lowest BCUT2D eigenvalue weighted by molar-refractivity contribution is 0.0953. The van der Waals surface area contributed by atoms with Gasteiger partial charge < -0.3 is 11.1 Å². The Bertz CT molecular complexity index is 1130. The quantitative estimate of drug-likeness (QED) is 0.301. The number of hydrogen-bond acceptors (Lipinski definition) is 4.